The quantitative estimate of drug-likeness (QED) is 0.707. The summed E-state index contributed by atoms with van der Waals surface area (Å²) in [6.45, 7) is 5.45. The van der Waals surface area contributed by atoms with E-state index in [2.05, 4.69) is 54.6 Å². The Bertz CT molecular complexity index is 869. The van der Waals surface area contributed by atoms with E-state index >= 15 is 0 Å². The van der Waals surface area contributed by atoms with E-state index in [0.717, 1.165) is 12.0 Å². The molecule has 0 aliphatic carbocycles. The number of amides is 1. The van der Waals surface area contributed by atoms with Crippen LogP contribution in [0.5, 0.6) is 0 Å². The fourth-order valence-electron chi connectivity index (χ4n) is 3.11. The second kappa shape index (κ2) is 8.48. The van der Waals surface area contributed by atoms with E-state index in [1.54, 1.807) is 6.20 Å². The molecule has 1 heterocycles. The first-order valence-electron chi connectivity index (χ1n) is 8.99. The van der Waals surface area contributed by atoms with Gasteiger partial charge >= 0.3 is 0 Å². The summed E-state index contributed by atoms with van der Waals surface area (Å²) in [5, 5.41) is 7.31. The van der Waals surface area contributed by atoms with E-state index in [1.165, 1.54) is 22.3 Å². The van der Waals surface area contributed by atoms with Gasteiger partial charge in [0.15, 0.2) is 0 Å². The normalized spacial score (nSPS) is 10.7. The van der Waals surface area contributed by atoms with Crippen LogP contribution in [-0.4, -0.2) is 15.7 Å². The highest BCUT2D eigenvalue weighted by atomic mass is 16.1. The molecule has 4 nitrogen and oxygen atoms in total. The summed E-state index contributed by atoms with van der Waals surface area (Å²) in [5.41, 5.74) is 6.05. The number of hydrogen-bond donors (Lipinski definition) is 1. The van der Waals surface area contributed by atoms with Gasteiger partial charge in [0.1, 0.15) is 0 Å². The molecule has 0 aliphatic heterocycles. The molecule has 2 aromatic carbocycles. The van der Waals surface area contributed by atoms with Gasteiger partial charge < -0.3 is 5.32 Å². The molecule has 0 saturated carbocycles. The second-order valence-corrected chi connectivity index (χ2v) is 6.68. The Labute approximate surface area is 154 Å². The van der Waals surface area contributed by atoms with Crippen molar-refractivity contribution >= 4 is 5.91 Å². The van der Waals surface area contributed by atoms with E-state index in [1.807, 2.05) is 29.1 Å². The maximum absolute atomic E-state index is 12.3. The number of nitrogens with zero attached hydrogens (tertiary/aromatic N) is 2. The van der Waals surface area contributed by atoms with Gasteiger partial charge in [0, 0.05) is 25.4 Å². The molecule has 3 aromatic rings. The molecule has 1 aromatic heterocycles. The summed E-state index contributed by atoms with van der Waals surface area (Å²) in [6, 6.07) is 16.5. The van der Waals surface area contributed by atoms with Crippen molar-refractivity contribution in [1.82, 2.24) is 15.1 Å². The van der Waals surface area contributed by atoms with E-state index in [4.69, 9.17) is 0 Å². The smallest absolute Gasteiger partial charge is 0.220 e. The number of nitrogens with one attached hydrogen (secondary N) is 1. The van der Waals surface area contributed by atoms with Crippen molar-refractivity contribution < 1.29 is 4.79 Å². The molecular weight excluding hydrogens is 322 g/mol. The number of rotatable bonds is 7. The highest BCUT2D eigenvalue weighted by Crippen LogP contribution is 2.13. The Kier molecular flexibility index (Phi) is 5.84. The van der Waals surface area contributed by atoms with Crippen LogP contribution in [0, 0.1) is 13.8 Å². The predicted octanol–water partition coefficient (Wildman–Crippen LogP) is 3.80. The third-order valence-corrected chi connectivity index (χ3v) is 4.61. The van der Waals surface area contributed by atoms with Crippen molar-refractivity contribution in [3.05, 3.63) is 88.7 Å². The Morgan fingerprint density at radius 1 is 1.04 bits per heavy atom. The SMILES string of the molecule is Cc1ccc(CCC(=O)NCc2ccccc2Cn2cccn2)c(C)c1. The van der Waals surface area contributed by atoms with Crippen molar-refractivity contribution in [3.8, 4) is 0 Å². The molecule has 0 atom stereocenters. The molecule has 1 N–H and O–H groups in total. The molecule has 1 amide bonds. The maximum Gasteiger partial charge on any atom is 0.220 e. The lowest BCUT2D eigenvalue weighted by Gasteiger charge is -2.11. The molecule has 0 spiro atoms. The molecule has 0 saturated heterocycles. The van der Waals surface area contributed by atoms with E-state index in [0.29, 0.717) is 19.5 Å². The predicted molar refractivity (Wildman–Crippen MR) is 104 cm³/mol. The van der Waals surface area contributed by atoms with Crippen LogP contribution in [-0.2, 0) is 24.3 Å². The van der Waals surface area contributed by atoms with Gasteiger partial charge in [-0.2, -0.15) is 5.10 Å². The molecular formula is C22H25N3O. The molecule has 3 rings (SSSR count). The van der Waals surface area contributed by atoms with Crippen LogP contribution < -0.4 is 5.32 Å². The van der Waals surface area contributed by atoms with Crippen LogP contribution >= 0.6 is 0 Å². The van der Waals surface area contributed by atoms with Crippen molar-refractivity contribution in [2.24, 2.45) is 0 Å². The highest BCUT2D eigenvalue weighted by Gasteiger charge is 2.07. The minimum atomic E-state index is 0.0823. The third kappa shape index (κ3) is 4.82. The summed E-state index contributed by atoms with van der Waals surface area (Å²) >= 11 is 0. The average molecular weight is 347 g/mol. The van der Waals surface area contributed by atoms with Gasteiger partial charge in [-0.15, -0.1) is 0 Å². The number of aromatic nitrogens is 2. The van der Waals surface area contributed by atoms with Crippen LogP contribution in [0.4, 0.5) is 0 Å². The number of aryl methyl sites for hydroxylation is 3. The summed E-state index contributed by atoms with van der Waals surface area (Å²) in [5.74, 6) is 0.0823. The van der Waals surface area contributed by atoms with Gasteiger partial charge in [-0.05, 0) is 48.6 Å². The van der Waals surface area contributed by atoms with Crippen LogP contribution in [0.15, 0.2) is 60.9 Å². The van der Waals surface area contributed by atoms with Crippen molar-refractivity contribution in [2.45, 2.75) is 39.8 Å². The average Bonchev–Trinajstić information content (AvgIpc) is 3.13. The summed E-state index contributed by atoms with van der Waals surface area (Å²) in [6.07, 6.45) is 4.99. The number of hydrogen-bond acceptors (Lipinski definition) is 2. The Morgan fingerprint density at radius 2 is 1.85 bits per heavy atom. The first-order valence-corrected chi connectivity index (χ1v) is 8.99. The summed E-state index contributed by atoms with van der Waals surface area (Å²) in [4.78, 5) is 12.3. The fourth-order valence-corrected chi connectivity index (χ4v) is 3.11. The van der Waals surface area contributed by atoms with Gasteiger partial charge in [0.25, 0.3) is 0 Å². The van der Waals surface area contributed by atoms with Gasteiger partial charge in [-0.3, -0.25) is 9.48 Å². The minimum Gasteiger partial charge on any atom is -0.352 e. The zero-order valence-corrected chi connectivity index (χ0v) is 15.4. The lowest BCUT2D eigenvalue weighted by molar-refractivity contribution is -0.121. The lowest BCUT2D eigenvalue weighted by Crippen LogP contribution is -2.24. The largest absolute Gasteiger partial charge is 0.352 e. The molecule has 26 heavy (non-hydrogen) atoms. The van der Waals surface area contributed by atoms with Gasteiger partial charge in [0.05, 0.1) is 6.54 Å². The van der Waals surface area contributed by atoms with E-state index < -0.39 is 0 Å². The van der Waals surface area contributed by atoms with E-state index in [-0.39, 0.29) is 5.91 Å². The second-order valence-electron chi connectivity index (χ2n) is 6.68. The van der Waals surface area contributed by atoms with Gasteiger partial charge in [0.2, 0.25) is 5.91 Å². The van der Waals surface area contributed by atoms with Gasteiger partial charge in [-0.1, -0.05) is 48.0 Å². The maximum atomic E-state index is 12.3. The Morgan fingerprint density at radius 3 is 2.58 bits per heavy atom. The zero-order chi connectivity index (χ0) is 18.4. The van der Waals surface area contributed by atoms with Crippen LogP contribution in [0.25, 0.3) is 0 Å². The first kappa shape index (κ1) is 17.9. The molecule has 0 unspecified atom stereocenters. The fraction of sp³-hybridized carbons (Fsp3) is 0.273. The monoisotopic (exact) mass is 347 g/mol. The number of benzene rings is 2. The van der Waals surface area contributed by atoms with Gasteiger partial charge in [-0.25, -0.2) is 0 Å². The van der Waals surface area contributed by atoms with Crippen molar-refractivity contribution in [1.29, 1.82) is 0 Å². The topological polar surface area (TPSA) is 46.9 Å². The molecule has 134 valence electrons. The van der Waals surface area contributed by atoms with Crippen LogP contribution in [0.3, 0.4) is 0 Å². The first-order chi connectivity index (χ1) is 12.6. The standard InChI is InChI=1S/C22H25N3O/c1-17-8-9-19(18(2)14-17)10-11-22(26)23-15-20-6-3-4-7-21(20)16-25-13-5-12-24-25/h3-9,12-14H,10-11,15-16H2,1-2H3,(H,23,26). The molecule has 0 bridgehead atoms. The molecule has 0 fully saturated rings. The van der Waals surface area contributed by atoms with E-state index in [9.17, 15) is 4.79 Å². The van der Waals surface area contributed by atoms with Crippen molar-refractivity contribution in [3.63, 3.8) is 0 Å². The summed E-state index contributed by atoms with van der Waals surface area (Å²) < 4.78 is 1.89. The zero-order valence-electron chi connectivity index (χ0n) is 15.4. The van der Waals surface area contributed by atoms with Crippen molar-refractivity contribution in [2.75, 3.05) is 0 Å². The highest BCUT2D eigenvalue weighted by molar-refractivity contribution is 5.76. The third-order valence-electron chi connectivity index (χ3n) is 4.61. The number of carbonyl (C=O) groups excluding carboxylic acids is 1. The Balaban J connectivity index is 1.54. The molecule has 0 radical (unpaired) electrons. The number of carbonyl (C=O) groups is 1. The summed E-state index contributed by atoms with van der Waals surface area (Å²) in [7, 11) is 0. The molecule has 0 aliphatic rings. The molecule has 4 heteroatoms. The Hall–Kier alpha value is -2.88. The minimum absolute atomic E-state index is 0.0823. The van der Waals surface area contributed by atoms with Crippen LogP contribution in [0.1, 0.15) is 34.2 Å². The van der Waals surface area contributed by atoms with Crippen LogP contribution in [0.2, 0.25) is 0 Å². The lowest BCUT2D eigenvalue weighted by atomic mass is 10.0.